The first-order valence-electron chi connectivity index (χ1n) is 8.03. The van der Waals surface area contributed by atoms with Gasteiger partial charge < -0.3 is 4.74 Å². The molecule has 1 aromatic heterocycles. The second-order valence-corrected chi connectivity index (χ2v) is 6.58. The highest BCUT2D eigenvalue weighted by Gasteiger charge is 2.24. The molecule has 0 saturated carbocycles. The number of hydrogen-bond acceptors (Lipinski definition) is 6. The Kier molecular flexibility index (Phi) is 5.80. The van der Waals surface area contributed by atoms with Crippen molar-refractivity contribution in [3.05, 3.63) is 70.4 Å². The molecule has 7 heteroatoms. The predicted octanol–water partition coefficient (Wildman–Crippen LogP) is 3.20. The molecule has 3 rings (SSSR count). The van der Waals surface area contributed by atoms with Crippen molar-refractivity contribution in [2.45, 2.75) is 12.8 Å². The number of imide groups is 1. The number of hydrogen-bond donors (Lipinski definition) is 1. The minimum absolute atomic E-state index is 0.335. The summed E-state index contributed by atoms with van der Waals surface area (Å²) in [6, 6.07) is 10.6. The van der Waals surface area contributed by atoms with Gasteiger partial charge in [-0.25, -0.2) is 4.79 Å². The third kappa shape index (κ3) is 4.80. The van der Waals surface area contributed by atoms with Crippen LogP contribution in [0, 0.1) is 0 Å². The highest BCUT2D eigenvalue weighted by atomic mass is 32.2. The molecule has 0 radical (unpaired) electrons. The van der Waals surface area contributed by atoms with Gasteiger partial charge >= 0.3 is 5.97 Å². The summed E-state index contributed by atoms with van der Waals surface area (Å²) < 4.78 is 5.27. The van der Waals surface area contributed by atoms with Crippen molar-refractivity contribution in [3.63, 3.8) is 0 Å². The SMILES string of the molecule is O=C1NC(=O)/C(=C\c2ccc(C(=O)OCCCc3ccncc3)cc2)S1. The zero-order valence-electron chi connectivity index (χ0n) is 13.8. The average Bonchev–Trinajstić information content (AvgIpc) is 2.97. The lowest BCUT2D eigenvalue weighted by molar-refractivity contribution is -0.115. The quantitative estimate of drug-likeness (QED) is 0.479. The summed E-state index contributed by atoms with van der Waals surface area (Å²) >= 11 is 0.857. The summed E-state index contributed by atoms with van der Waals surface area (Å²) in [4.78, 5) is 39.0. The number of carbonyl (C=O) groups is 3. The number of pyridine rings is 1. The molecule has 1 aliphatic rings. The monoisotopic (exact) mass is 368 g/mol. The second-order valence-electron chi connectivity index (χ2n) is 5.57. The van der Waals surface area contributed by atoms with E-state index in [1.807, 2.05) is 12.1 Å². The maximum Gasteiger partial charge on any atom is 0.338 e. The minimum atomic E-state index is -0.405. The number of nitrogens with zero attached hydrogens (tertiary/aromatic N) is 1. The van der Waals surface area contributed by atoms with Gasteiger partial charge in [0, 0.05) is 12.4 Å². The number of rotatable bonds is 6. The molecule has 1 fully saturated rings. The molecule has 0 unspecified atom stereocenters. The second kappa shape index (κ2) is 8.44. The van der Waals surface area contributed by atoms with Crippen molar-refractivity contribution < 1.29 is 19.1 Å². The van der Waals surface area contributed by atoms with Crippen LogP contribution in [0.15, 0.2) is 53.7 Å². The number of thioether (sulfide) groups is 1. The smallest absolute Gasteiger partial charge is 0.338 e. The maximum atomic E-state index is 12.0. The van der Waals surface area contributed by atoms with Crippen LogP contribution < -0.4 is 5.32 Å². The number of benzene rings is 1. The van der Waals surface area contributed by atoms with E-state index in [0.717, 1.165) is 35.7 Å². The van der Waals surface area contributed by atoms with Crippen LogP contribution in [-0.4, -0.2) is 28.7 Å². The summed E-state index contributed by atoms with van der Waals surface area (Å²) in [5.41, 5.74) is 2.32. The molecule has 2 aromatic rings. The topological polar surface area (TPSA) is 85.4 Å². The number of carbonyl (C=O) groups excluding carboxylic acids is 3. The van der Waals surface area contributed by atoms with E-state index in [0.29, 0.717) is 17.1 Å². The molecule has 1 saturated heterocycles. The van der Waals surface area contributed by atoms with Crippen molar-refractivity contribution in [1.29, 1.82) is 0 Å². The van der Waals surface area contributed by atoms with Crippen molar-refractivity contribution >= 4 is 35.0 Å². The average molecular weight is 368 g/mol. The minimum Gasteiger partial charge on any atom is -0.462 e. The Morgan fingerprint density at radius 3 is 2.50 bits per heavy atom. The van der Waals surface area contributed by atoms with Crippen LogP contribution in [0.1, 0.15) is 27.9 Å². The number of aryl methyl sites for hydroxylation is 1. The van der Waals surface area contributed by atoms with Gasteiger partial charge in [0.15, 0.2) is 0 Å². The fraction of sp³-hybridized carbons (Fsp3) is 0.158. The van der Waals surface area contributed by atoms with Crippen molar-refractivity contribution in [3.8, 4) is 0 Å². The predicted molar refractivity (Wildman–Crippen MR) is 98.4 cm³/mol. The van der Waals surface area contributed by atoms with E-state index in [4.69, 9.17) is 4.74 Å². The van der Waals surface area contributed by atoms with Gasteiger partial charge in [-0.1, -0.05) is 12.1 Å². The maximum absolute atomic E-state index is 12.0. The Morgan fingerprint density at radius 2 is 1.85 bits per heavy atom. The molecule has 1 aromatic carbocycles. The Morgan fingerprint density at radius 1 is 1.12 bits per heavy atom. The van der Waals surface area contributed by atoms with E-state index in [1.54, 1.807) is 42.7 Å². The van der Waals surface area contributed by atoms with Gasteiger partial charge in [-0.05, 0) is 66.1 Å². The van der Waals surface area contributed by atoms with E-state index in [9.17, 15) is 14.4 Å². The largest absolute Gasteiger partial charge is 0.462 e. The molecule has 0 aliphatic carbocycles. The lowest BCUT2D eigenvalue weighted by atomic mass is 10.1. The van der Waals surface area contributed by atoms with Crippen LogP contribution in [0.5, 0.6) is 0 Å². The van der Waals surface area contributed by atoms with Crippen molar-refractivity contribution in [1.82, 2.24) is 10.3 Å². The molecule has 0 atom stereocenters. The van der Waals surface area contributed by atoms with Gasteiger partial charge in [-0.2, -0.15) is 0 Å². The van der Waals surface area contributed by atoms with Gasteiger partial charge in [0.1, 0.15) is 0 Å². The lowest BCUT2D eigenvalue weighted by Crippen LogP contribution is -2.17. The van der Waals surface area contributed by atoms with Crippen molar-refractivity contribution in [2.75, 3.05) is 6.61 Å². The Hall–Kier alpha value is -2.93. The molecule has 2 heterocycles. The standard InChI is InChI=1S/C19H16N2O4S/c22-17-16(26-19(24)21-17)12-14-3-5-15(6-4-14)18(23)25-11-1-2-13-7-9-20-10-8-13/h3-10,12H,1-2,11H2,(H,21,22,24)/b16-12+. The number of ether oxygens (including phenoxy) is 1. The Labute approximate surface area is 154 Å². The molecule has 0 spiro atoms. The fourth-order valence-corrected chi connectivity index (χ4v) is 3.04. The molecule has 1 N–H and O–H groups in total. The fourth-order valence-electron chi connectivity index (χ4n) is 2.36. The summed E-state index contributed by atoms with van der Waals surface area (Å²) in [6.45, 7) is 0.339. The van der Waals surface area contributed by atoms with Gasteiger partial charge in [0.25, 0.3) is 11.1 Å². The first kappa shape index (κ1) is 17.9. The molecule has 1 aliphatic heterocycles. The molecular weight excluding hydrogens is 352 g/mol. The summed E-state index contributed by atoms with van der Waals surface area (Å²) in [6.07, 6.45) is 6.64. The summed E-state index contributed by atoms with van der Waals surface area (Å²) in [5.74, 6) is -0.792. The zero-order valence-corrected chi connectivity index (χ0v) is 14.6. The van der Waals surface area contributed by atoms with Gasteiger partial charge in [-0.3, -0.25) is 19.9 Å². The van der Waals surface area contributed by atoms with Crippen molar-refractivity contribution in [2.24, 2.45) is 0 Å². The highest BCUT2D eigenvalue weighted by Crippen LogP contribution is 2.25. The Bertz CT molecular complexity index is 848. The van der Waals surface area contributed by atoms with Gasteiger partial charge in [0.2, 0.25) is 0 Å². The molecule has 2 amide bonds. The normalized spacial score (nSPS) is 15.2. The van der Waals surface area contributed by atoms with E-state index >= 15 is 0 Å². The number of aromatic nitrogens is 1. The molecular formula is C19H16N2O4S. The molecule has 132 valence electrons. The van der Waals surface area contributed by atoms with E-state index in [2.05, 4.69) is 10.3 Å². The molecule has 26 heavy (non-hydrogen) atoms. The summed E-state index contributed by atoms with van der Waals surface area (Å²) in [7, 11) is 0. The zero-order chi connectivity index (χ0) is 18.4. The van der Waals surface area contributed by atoms with Crippen LogP contribution in [0.2, 0.25) is 0 Å². The highest BCUT2D eigenvalue weighted by molar-refractivity contribution is 8.18. The third-order valence-electron chi connectivity index (χ3n) is 3.68. The first-order chi connectivity index (χ1) is 12.6. The molecule has 6 nitrogen and oxygen atoms in total. The first-order valence-corrected chi connectivity index (χ1v) is 8.84. The van der Waals surface area contributed by atoms with E-state index in [-0.39, 0.29) is 11.2 Å². The molecule has 0 bridgehead atoms. The van der Waals surface area contributed by atoms with Crippen LogP contribution in [0.4, 0.5) is 4.79 Å². The van der Waals surface area contributed by atoms with Crippen LogP contribution >= 0.6 is 11.8 Å². The van der Waals surface area contributed by atoms with Gasteiger partial charge in [-0.15, -0.1) is 0 Å². The van der Waals surface area contributed by atoms with E-state index in [1.165, 1.54) is 0 Å². The number of esters is 1. The van der Waals surface area contributed by atoms with Crippen LogP contribution in [-0.2, 0) is 16.0 Å². The van der Waals surface area contributed by atoms with Gasteiger partial charge in [0.05, 0.1) is 17.1 Å². The van der Waals surface area contributed by atoms with Crippen LogP contribution in [0.3, 0.4) is 0 Å². The third-order valence-corrected chi connectivity index (χ3v) is 4.49. The number of amides is 2. The lowest BCUT2D eigenvalue weighted by Gasteiger charge is -2.05. The number of nitrogens with one attached hydrogen (secondary N) is 1. The summed E-state index contributed by atoms with van der Waals surface area (Å²) in [5, 5.41) is 1.82. The van der Waals surface area contributed by atoms with E-state index < -0.39 is 5.91 Å². The Balaban J connectivity index is 1.50. The van der Waals surface area contributed by atoms with Crippen LogP contribution in [0.25, 0.3) is 6.08 Å².